The lowest BCUT2D eigenvalue weighted by Crippen LogP contribution is -2.24. The van der Waals surface area contributed by atoms with E-state index in [2.05, 4.69) is 91.0 Å². The van der Waals surface area contributed by atoms with Gasteiger partial charge < -0.3 is 9.47 Å². The predicted molar refractivity (Wildman–Crippen MR) is 162 cm³/mol. The van der Waals surface area contributed by atoms with E-state index in [-0.39, 0.29) is 0 Å². The molecule has 0 unspecified atom stereocenters. The van der Waals surface area contributed by atoms with Crippen LogP contribution in [0.4, 0.5) is 0 Å². The second-order valence-electron chi connectivity index (χ2n) is 9.34. The molecule has 0 atom stereocenters. The summed E-state index contributed by atoms with van der Waals surface area (Å²) in [5.41, 5.74) is 2.17. The highest BCUT2D eigenvalue weighted by Crippen LogP contribution is 2.48. The Hall–Kier alpha value is -4.17. The van der Waals surface area contributed by atoms with Crippen molar-refractivity contribution in [2.45, 2.75) is 0 Å². The van der Waals surface area contributed by atoms with E-state index in [1.807, 2.05) is 48.5 Å². The molecule has 0 saturated heterocycles. The van der Waals surface area contributed by atoms with Crippen LogP contribution < -0.4 is 25.4 Å². The van der Waals surface area contributed by atoms with Crippen LogP contribution in [-0.4, -0.2) is 0 Å². The van der Waals surface area contributed by atoms with Gasteiger partial charge in [-0.05, 0) is 62.1 Å². The van der Waals surface area contributed by atoms with Crippen LogP contribution in [0, 0.1) is 0 Å². The van der Waals surface area contributed by atoms with Crippen LogP contribution in [0.2, 0.25) is 0 Å². The Bertz CT molecular complexity index is 1790. The number of ether oxygens (including phenoxy) is 2. The molecule has 0 aromatic heterocycles. The summed E-state index contributed by atoms with van der Waals surface area (Å²) in [7, 11) is 0. The highest BCUT2D eigenvalue weighted by atomic mass is 32.4. The van der Waals surface area contributed by atoms with Gasteiger partial charge in [-0.1, -0.05) is 127 Å². The van der Waals surface area contributed by atoms with Gasteiger partial charge in [0.25, 0.3) is 0 Å². The first kappa shape index (κ1) is 23.0. The normalized spacial score (nSPS) is 12.2. The number of fused-ring (bicyclic) bond motifs is 3. The van der Waals surface area contributed by atoms with Crippen molar-refractivity contribution in [3.63, 3.8) is 0 Å². The monoisotopic (exact) mass is 526 g/mol. The average molecular weight is 527 g/mol. The van der Waals surface area contributed by atoms with E-state index < -0.39 is 6.04 Å². The van der Waals surface area contributed by atoms with Crippen molar-refractivity contribution in [3.8, 4) is 34.1 Å². The van der Waals surface area contributed by atoms with Crippen LogP contribution in [0.1, 0.15) is 0 Å². The molecule has 0 bridgehead atoms. The standard InChI is InChI=1S/C34H23O2PS/c38-37(28-11-3-1-4-12-28,29-13-5-2-6-14-29)30-18-15-24(16-19-30)27-17-20-31-32(23-27)36-34-22-26-10-8-7-9-25(26)21-33(34)35-31/h1-23H. The summed E-state index contributed by atoms with van der Waals surface area (Å²) in [6, 6.07) is 45.9. The molecule has 6 aromatic carbocycles. The lowest BCUT2D eigenvalue weighted by atomic mass is 10.0. The van der Waals surface area contributed by atoms with Crippen molar-refractivity contribution in [3.05, 3.63) is 140 Å². The van der Waals surface area contributed by atoms with Crippen molar-refractivity contribution < 1.29 is 9.47 Å². The molecule has 2 nitrogen and oxygen atoms in total. The Morgan fingerprint density at radius 3 is 1.42 bits per heavy atom. The summed E-state index contributed by atoms with van der Waals surface area (Å²) in [5, 5.41) is 5.81. The van der Waals surface area contributed by atoms with Gasteiger partial charge in [-0.2, -0.15) is 0 Å². The maximum Gasteiger partial charge on any atom is 0.170 e. The molecule has 1 aliphatic rings. The molecule has 7 rings (SSSR count). The Morgan fingerprint density at radius 1 is 0.395 bits per heavy atom. The van der Waals surface area contributed by atoms with Gasteiger partial charge in [-0.3, -0.25) is 0 Å². The lowest BCUT2D eigenvalue weighted by molar-refractivity contribution is 0.360. The van der Waals surface area contributed by atoms with Crippen LogP contribution in [0.25, 0.3) is 21.9 Å². The van der Waals surface area contributed by atoms with Gasteiger partial charge in [0.15, 0.2) is 23.0 Å². The number of rotatable bonds is 4. The van der Waals surface area contributed by atoms with E-state index >= 15 is 0 Å². The second-order valence-corrected chi connectivity index (χ2v) is 13.7. The fourth-order valence-corrected chi connectivity index (χ4v) is 8.78. The highest BCUT2D eigenvalue weighted by Gasteiger charge is 2.25. The molecule has 6 aromatic rings. The minimum atomic E-state index is -2.17. The third kappa shape index (κ3) is 3.92. The van der Waals surface area contributed by atoms with Crippen LogP contribution in [0.3, 0.4) is 0 Å². The molecule has 4 heteroatoms. The van der Waals surface area contributed by atoms with E-state index in [1.54, 1.807) is 0 Å². The first-order valence-electron chi connectivity index (χ1n) is 12.5. The first-order chi connectivity index (χ1) is 18.7. The second kappa shape index (κ2) is 9.29. The van der Waals surface area contributed by atoms with Gasteiger partial charge in [0.2, 0.25) is 0 Å². The van der Waals surface area contributed by atoms with E-state index in [4.69, 9.17) is 21.3 Å². The Labute approximate surface area is 227 Å². The zero-order chi connectivity index (χ0) is 25.5. The van der Waals surface area contributed by atoms with E-state index in [1.165, 1.54) is 15.9 Å². The average Bonchev–Trinajstić information content (AvgIpc) is 2.99. The minimum Gasteiger partial charge on any atom is -0.449 e. The Kier molecular flexibility index (Phi) is 5.62. The smallest absolute Gasteiger partial charge is 0.170 e. The zero-order valence-corrected chi connectivity index (χ0v) is 22.2. The highest BCUT2D eigenvalue weighted by molar-refractivity contribution is 8.25. The molecule has 0 amide bonds. The Morgan fingerprint density at radius 2 is 0.842 bits per heavy atom. The van der Waals surface area contributed by atoms with Crippen molar-refractivity contribution in [1.29, 1.82) is 0 Å². The molecule has 0 spiro atoms. The summed E-state index contributed by atoms with van der Waals surface area (Å²) in [5.74, 6) is 2.90. The number of hydrogen-bond acceptors (Lipinski definition) is 3. The fraction of sp³-hybridized carbons (Fsp3) is 0. The molecule has 0 N–H and O–H groups in total. The molecule has 0 radical (unpaired) electrons. The van der Waals surface area contributed by atoms with E-state index in [9.17, 15) is 0 Å². The van der Waals surface area contributed by atoms with E-state index in [0.717, 1.165) is 39.1 Å². The van der Waals surface area contributed by atoms with E-state index in [0.29, 0.717) is 5.75 Å². The zero-order valence-electron chi connectivity index (χ0n) is 20.5. The molecule has 0 fully saturated rings. The van der Waals surface area contributed by atoms with Crippen LogP contribution in [0.15, 0.2) is 140 Å². The van der Waals surface area contributed by atoms with Gasteiger partial charge >= 0.3 is 0 Å². The first-order valence-corrected chi connectivity index (χ1v) is 15.3. The van der Waals surface area contributed by atoms with Gasteiger partial charge in [-0.25, -0.2) is 0 Å². The largest absolute Gasteiger partial charge is 0.449 e. The molecule has 182 valence electrons. The van der Waals surface area contributed by atoms with Gasteiger partial charge in [0.1, 0.15) is 0 Å². The summed E-state index contributed by atoms with van der Waals surface area (Å²) in [6.07, 6.45) is 0. The molecule has 1 aliphatic heterocycles. The minimum absolute atomic E-state index is 0.716. The maximum absolute atomic E-state index is 6.49. The third-order valence-corrected chi connectivity index (χ3v) is 12.0. The Balaban J connectivity index is 1.24. The van der Waals surface area contributed by atoms with Crippen molar-refractivity contribution in [2.24, 2.45) is 0 Å². The summed E-state index contributed by atoms with van der Waals surface area (Å²) >= 11 is 6.49. The van der Waals surface area contributed by atoms with Gasteiger partial charge in [0, 0.05) is 6.04 Å². The molecule has 0 aliphatic carbocycles. The van der Waals surface area contributed by atoms with Crippen LogP contribution in [-0.2, 0) is 11.8 Å². The van der Waals surface area contributed by atoms with Crippen LogP contribution >= 0.6 is 6.04 Å². The topological polar surface area (TPSA) is 18.5 Å². The lowest BCUT2D eigenvalue weighted by Gasteiger charge is -2.24. The fourth-order valence-electron chi connectivity index (χ4n) is 5.03. The third-order valence-electron chi connectivity index (χ3n) is 7.00. The molecule has 38 heavy (non-hydrogen) atoms. The summed E-state index contributed by atoms with van der Waals surface area (Å²) in [4.78, 5) is 0. The van der Waals surface area contributed by atoms with Crippen molar-refractivity contribution >= 4 is 44.5 Å². The van der Waals surface area contributed by atoms with Gasteiger partial charge in [-0.15, -0.1) is 0 Å². The SMILES string of the molecule is S=P(c1ccccc1)(c1ccccc1)c1ccc(-c2ccc3c(c2)Oc2cc4ccccc4cc2O3)cc1. The summed E-state index contributed by atoms with van der Waals surface area (Å²) in [6.45, 7) is 0. The predicted octanol–water partition coefficient (Wildman–Crippen LogP) is 8.16. The maximum atomic E-state index is 6.49. The molecular formula is C34H23O2PS. The van der Waals surface area contributed by atoms with Crippen molar-refractivity contribution in [2.75, 3.05) is 0 Å². The molecule has 0 saturated carbocycles. The number of hydrogen-bond donors (Lipinski definition) is 0. The van der Waals surface area contributed by atoms with Gasteiger partial charge in [0.05, 0.1) is 0 Å². The number of benzene rings is 6. The summed E-state index contributed by atoms with van der Waals surface area (Å²) < 4.78 is 12.5. The van der Waals surface area contributed by atoms with Crippen LogP contribution in [0.5, 0.6) is 23.0 Å². The quantitative estimate of drug-likeness (QED) is 0.216. The molecule has 1 heterocycles. The molecular weight excluding hydrogens is 503 g/mol. The van der Waals surface area contributed by atoms with Crippen molar-refractivity contribution in [1.82, 2.24) is 0 Å².